The number of ether oxygens (including phenoxy) is 1. The number of hydrogen-bond donors (Lipinski definition) is 1. The highest BCUT2D eigenvalue weighted by atomic mass is 79.9. The van der Waals surface area contributed by atoms with E-state index in [2.05, 4.69) is 21.0 Å². The molecule has 1 aliphatic rings. The summed E-state index contributed by atoms with van der Waals surface area (Å²) < 4.78 is 7.28. The van der Waals surface area contributed by atoms with E-state index in [4.69, 9.17) is 10.5 Å². The van der Waals surface area contributed by atoms with Gasteiger partial charge in [0.05, 0.1) is 17.6 Å². The van der Waals surface area contributed by atoms with Gasteiger partial charge in [0.15, 0.2) is 5.82 Å². The van der Waals surface area contributed by atoms with E-state index < -0.39 is 0 Å². The summed E-state index contributed by atoms with van der Waals surface area (Å²) >= 11 is 3.27. The number of aromatic nitrogens is 2. The van der Waals surface area contributed by atoms with E-state index in [0.29, 0.717) is 32.1 Å². The third kappa shape index (κ3) is 2.23. The number of cyclic esters (lactones) is 1. The molecule has 1 aromatic heterocycles. The lowest BCUT2D eigenvalue weighted by Crippen LogP contribution is -2.28. The maximum atomic E-state index is 11.1. The predicted molar refractivity (Wildman–Crippen MR) is 57.3 cm³/mol. The zero-order valence-corrected chi connectivity index (χ0v) is 9.61. The molecule has 0 saturated carbocycles. The molecule has 6 nitrogen and oxygen atoms in total. The van der Waals surface area contributed by atoms with Crippen molar-refractivity contribution in [1.82, 2.24) is 14.7 Å². The zero-order chi connectivity index (χ0) is 10.8. The molecule has 1 saturated heterocycles. The minimum atomic E-state index is -0.255. The van der Waals surface area contributed by atoms with Crippen LogP contribution in [0.25, 0.3) is 0 Å². The lowest BCUT2D eigenvalue weighted by molar-refractivity contribution is 0.157. The molecule has 0 aromatic carbocycles. The second-order valence-corrected chi connectivity index (χ2v) is 4.08. The number of carbonyl (C=O) groups is 1. The SMILES string of the molecule is Nc1nn(CCN2CCOC2=O)cc1Br. The minimum Gasteiger partial charge on any atom is -0.448 e. The van der Waals surface area contributed by atoms with Crippen molar-refractivity contribution >= 4 is 27.8 Å². The standard InChI is InChI=1S/C8H11BrN4O2/c9-6-5-13(11-7(6)10)2-1-12-3-4-15-8(12)14/h5H,1-4H2,(H2,10,11). The zero-order valence-electron chi connectivity index (χ0n) is 8.02. The summed E-state index contributed by atoms with van der Waals surface area (Å²) in [6.07, 6.45) is 1.53. The predicted octanol–water partition coefficient (Wildman–Crippen LogP) is 0.680. The fourth-order valence-corrected chi connectivity index (χ4v) is 1.69. The Kier molecular flexibility index (Phi) is 2.81. The van der Waals surface area contributed by atoms with Crippen LogP contribution in [-0.2, 0) is 11.3 Å². The molecule has 15 heavy (non-hydrogen) atoms. The summed E-state index contributed by atoms with van der Waals surface area (Å²) in [6, 6.07) is 0. The van der Waals surface area contributed by atoms with Gasteiger partial charge in [-0.2, -0.15) is 5.10 Å². The van der Waals surface area contributed by atoms with Gasteiger partial charge in [-0.05, 0) is 15.9 Å². The summed E-state index contributed by atoms with van der Waals surface area (Å²) in [5.74, 6) is 0.457. The third-order valence-electron chi connectivity index (χ3n) is 2.19. The van der Waals surface area contributed by atoms with Gasteiger partial charge in [0.1, 0.15) is 6.61 Å². The lowest BCUT2D eigenvalue weighted by Gasteiger charge is -2.11. The van der Waals surface area contributed by atoms with Crippen molar-refractivity contribution in [3.63, 3.8) is 0 Å². The molecular formula is C8H11BrN4O2. The smallest absolute Gasteiger partial charge is 0.410 e. The number of anilines is 1. The molecule has 0 radical (unpaired) electrons. The van der Waals surface area contributed by atoms with E-state index in [1.165, 1.54) is 0 Å². The molecular weight excluding hydrogens is 264 g/mol. The molecule has 0 unspecified atom stereocenters. The Morgan fingerprint density at radius 2 is 2.40 bits per heavy atom. The van der Waals surface area contributed by atoms with Crippen molar-refractivity contribution in [3.05, 3.63) is 10.7 Å². The topological polar surface area (TPSA) is 73.4 Å². The average Bonchev–Trinajstić information content (AvgIpc) is 2.72. The van der Waals surface area contributed by atoms with Gasteiger partial charge in [0, 0.05) is 12.7 Å². The highest BCUT2D eigenvalue weighted by molar-refractivity contribution is 9.10. The number of hydrogen-bond acceptors (Lipinski definition) is 4. The van der Waals surface area contributed by atoms with Crippen LogP contribution in [0.2, 0.25) is 0 Å². The molecule has 1 fully saturated rings. The first-order chi connectivity index (χ1) is 7.16. The van der Waals surface area contributed by atoms with Gasteiger partial charge in [0.2, 0.25) is 0 Å². The van der Waals surface area contributed by atoms with E-state index in [9.17, 15) is 4.79 Å². The van der Waals surface area contributed by atoms with Crippen LogP contribution in [0.15, 0.2) is 10.7 Å². The maximum absolute atomic E-state index is 11.1. The second-order valence-electron chi connectivity index (χ2n) is 3.23. The van der Waals surface area contributed by atoms with Crippen LogP contribution >= 0.6 is 15.9 Å². The molecule has 2 heterocycles. The van der Waals surface area contributed by atoms with Crippen molar-refractivity contribution < 1.29 is 9.53 Å². The van der Waals surface area contributed by atoms with Crippen LogP contribution in [0.5, 0.6) is 0 Å². The number of nitrogen functional groups attached to an aromatic ring is 1. The molecule has 0 atom stereocenters. The first kappa shape index (κ1) is 10.3. The quantitative estimate of drug-likeness (QED) is 0.880. The Bertz CT molecular complexity index is 359. The van der Waals surface area contributed by atoms with Gasteiger partial charge in [-0.25, -0.2) is 4.79 Å². The largest absolute Gasteiger partial charge is 0.448 e. The lowest BCUT2D eigenvalue weighted by atomic mass is 10.5. The van der Waals surface area contributed by atoms with E-state index in [1.54, 1.807) is 15.8 Å². The van der Waals surface area contributed by atoms with Crippen LogP contribution in [-0.4, -0.2) is 40.5 Å². The number of nitrogens with zero attached hydrogens (tertiary/aromatic N) is 3. The first-order valence-electron chi connectivity index (χ1n) is 4.57. The van der Waals surface area contributed by atoms with Crippen LogP contribution in [0.3, 0.4) is 0 Å². The fourth-order valence-electron chi connectivity index (χ4n) is 1.38. The summed E-state index contributed by atoms with van der Waals surface area (Å²) in [5, 5.41) is 4.07. The minimum absolute atomic E-state index is 0.255. The second kappa shape index (κ2) is 4.09. The van der Waals surface area contributed by atoms with Crippen molar-refractivity contribution in [3.8, 4) is 0 Å². The van der Waals surface area contributed by atoms with Gasteiger partial charge < -0.3 is 15.4 Å². The van der Waals surface area contributed by atoms with Gasteiger partial charge in [0.25, 0.3) is 0 Å². The molecule has 2 rings (SSSR count). The Morgan fingerprint density at radius 1 is 1.60 bits per heavy atom. The van der Waals surface area contributed by atoms with E-state index in [-0.39, 0.29) is 6.09 Å². The summed E-state index contributed by atoms with van der Waals surface area (Å²) in [5.41, 5.74) is 5.57. The molecule has 1 aromatic rings. The van der Waals surface area contributed by atoms with E-state index >= 15 is 0 Å². The Morgan fingerprint density at radius 3 is 2.93 bits per heavy atom. The Labute approximate surface area is 95.1 Å². The van der Waals surface area contributed by atoms with Crippen molar-refractivity contribution in [2.75, 3.05) is 25.4 Å². The van der Waals surface area contributed by atoms with Crippen LogP contribution < -0.4 is 5.73 Å². The monoisotopic (exact) mass is 274 g/mol. The van der Waals surface area contributed by atoms with Crippen LogP contribution in [0.4, 0.5) is 10.6 Å². The van der Waals surface area contributed by atoms with Crippen molar-refractivity contribution in [2.45, 2.75) is 6.54 Å². The number of amides is 1. The molecule has 0 aliphatic carbocycles. The molecule has 0 spiro atoms. The number of carbonyl (C=O) groups excluding carboxylic acids is 1. The van der Waals surface area contributed by atoms with Crippen molar-refractivity contribution in [1.29, 1.82) is 0 Å². The molecule has 1 amide bonds. The highest BCUT2D eigenvalue weighted by Gasteiger charge is 2.21. The number of nitrogens with two attached hydrogens (primary N) is 1. The molecule has 82 valence electrons. The highest BCUT2D eigenvalue weighted by Crippen LogP contribution is 2.16. The van der Waals surface area contributed by atoms with Gasteiger partial charge in [-0.15, -0.1) is 0 Å². The summed E-state index contributed by atoms with van der Waals surface area (Å²) in [7, 11) is 0. The average molecular weight is 275 g/mol. The first-order valence-corrected chi connectivity index (χ1v) is 5.36. The van der Waals surface area contributed by atoms with Gasteiger partial charge in [-0.3, -0.25) is 4.68 Å². The van der Waals surface area contributed by atoms with Gasteiger partial charge >= 0.3 is 6.09 Å². The molecule has 1 aliphatic heterocycles. The summed E-state index contributed by atoms with van der Waals surface area (Å²) in [4.78, 5) is 12.8. The van der Waals surface area contributed by atoms with Crippen molar-refractivity contribution in [2.24, 2.45) is 0 Å². The molecule has 0 bridgehead atoms. The maximum Gasteiger partial charge on any atom is 0.410 e. The Balaban J connectivity index is 1.90. The van der Waals surface area contributed by atoms with Gasteiger partial charge in [-0.1, -0.05) is 0 Å². The third-order valence-corrected chi connectivity index (χ3v) is 2.80. The summed E-state index contributed by atoms with van der Waals surface area (Å²) in [6.45, 7) is 2.33. The number of halogens is 1. The normalized spacial score (nSPS) is 15.8. The molecule has 7 heteroatoms. The number of rotatable bonds is 3. The fraction of sp³-hybridized carbons (Fsp3) is 0.500. The van der Waals surface area contributed by atoms with Crippen LogP contribution in [0.1, 0.15) is 0 Å². The Hall–Kier alpha value is -1.24. The van der Waals surface area contributed by atoms with Crippen LogP contribution in [0, 0.1) is 0 Å². The molecule has 2 N–H and O–H groups in total. The van der Waals surface area contributed by atoms with E-state index in [1.807, 2.05) is 0 Å². The van der Waals surface area contributed by atoms with E-state index in [0.717, 1.165) is 4.47 Å².